The molecule has 7 heteroatoms. The second kappa shape index (κ2) is 7.65. The first kappa shape index (κ1) is 18.7. The van der Waals surface area contributed by atoms with Crippen LogP contribution in [0.4, 0.5) is 0 Å². The average Bonchev–Trinajstić information content (AvgIpc) is 3.31. The second-order valence-electron chi connectivity index (χ2n) is 6.02. The Balaban J connectivity index is 1.89. The van der Waals surface area contributed by atoms with Crippen LogP contribution in [0.1, 0.15) is 27.7 Å². The Labute approximate surface area is 157 Å². The van der Waals surface area contributed by atoms with Gasteiger partial charge in [-0.15, -0.1) is 11.3 Å². The number of furan rings is 1. The van der Waals surface area contributed by atoms with Gasteiger partial charge in [-0.2, -0.15) is 0 Å². The third kappa shape index (κ3) is 3.85. The van der Waals surface area contributed by atoms with Crippen LogP contribution in [-0.4, -0.2) is 22.1 Å². The standard InChI is InChI=1S/C19H21NO4S2/c1-13-10-17(23-3)19(11-14(13)2)26(21,22)20-12-15(16-6-4-8-24-16)18-7-5-9-25-18/h4-11,15,20H,12H2,1-3H3/t15-/m0/s1. The van der Waals surface area contributed by atoms with E-state index in [0.29, 0.717) is 5.75 Å². The molecule has 138 valence electrons. The largest absolute Gasteiger partial charge is 0.495 e. The number of rotatable bonds is 7. The lowest BCUT2D eigenvalue weighted by Gasteiger charge is -2.16. The fourth-order valence-corrected chi connectivity index (χ4v) is 4.84. The SMILES string of the molecule is COc1cc(C)c(C)cc1S(=O)(=O)NC[C@@H](c1ccco1)c1cccs1. The van der Waals surface area contributed by atoms with Crippen molar-refractivity contribution in [3.63, 3.8) is 0 Å². The summed E-state index contributed by atoms with van der Waals surface area (Å²) in [6.45, 7) is 4.00. The summed E-state index contributed by atoms with van der Waals surface area (Å²) in [7, 11) is -2.26. The van der Waals surface area contributed by atoms with E-state index in [1.807, 2.05) is 37.4 Å². The molecule has 26 heavy (non-hydrogen) atoms. The number of thiophene rings is 1. The summed E-state index contributed by atoms with van der Waals surface area (Å²) in [5.74, 6) is 0.880. The zero-order chi connectivity index (χ0) is 18.7. The van der Waals surface area contributed by atoms with Crippen LogP contribution in [0.2, 0.25) is 0 Å². The van der Waals surface area contributed by atoms with Crippen molar-refractivity contribution in [2.75, 3.05) is 13.7 Å². The Morgan fingerprint density at radius 3 is 2.58 bits per heavy atom. The maximum Gasteiger partial charge on any atom is 0.244 e. The fraction of sp³-hybridized carbons (Fsp3) is 0.263. The molecule has 5 nitrogen and oxygen atoms in total. The third-order valence-electron chi connectivity index (χ3n) is 4.32. The molecule has 0 unspecified atom stereocenters. The lowest BCUT2D eigenvalue weighted by molar-refractivity contribution is 0.401. The molecule has 0 spiro atoms. The van der Waals surface area contributed by atoms with Crippen LogP contribution in [-0.2, 0) is 10.0 Å². The van der Waals surface area contributed by atoms with Crippen molar-refractivity contribution in [1.82, 2.24) is 4.72 Å². The summed E-state index contributed by atoms with van der Waals surface area (Å²) in [4.78, 5) is 1.18. The molecule has 2 aromatic heterocycles. The van der Waals surface area contributed by atoms with Crippen molar-refractivity contribution in [1.29, 1.82) is 0 Å². The summed E-state index contributed by atoms with van der Waals surface area (Å²) in [5, 5.41) is 1.96. The Kier molecular flexibility index (Phi) is 5.50. The minimum Gasteiger partial charge on any atom is -0.495 e. The Hall–Kier alpha value is -2.09. The number of benzene rings is 1. The van der Waals surface area contributed by atoms with Gasteiger partial charge in [0.1, 0.15) is 16.4 Å². The summed E-state index contributed by atoms with van der Waals surface area (Å²) in [6.07, 6.45) is 1.59. The van der Waals surface area contributed by atoms with Crippen molar-refractivity contribution in [3.8, 4) is 5.75 Å². The Morgan fingerprint density at radius 1 is 1.19 bits per heavy atom. The molecular weight excluding hydrogens is 370 g/mol. The molecule has 2 heterocycles. The topological polar surface area (TPSA) is 68.5 Å². The molecule has 3 aromatic rings. The highest BCUT2D eigenvalue weighted by Gasteiger charge is 2.25. The number of aryl methyl sites for hydroxylation is 2. The van der Waals surface area contributed by atoms with Crippen molar-refractivity contribution in [2.24, 2.45) is 0 Å². The summed E-state index contributed by atoms with van der Waals surface area (Å²) in [6, 6.07) is 11.0. The molecule has 0 bridgehead atoms. The maximum absolute atomic E-state index is 12.9. The molecule has 1 aromatic carbocycles. The molecule has 0 amide bonds. The van der Waals surface area contributed by atoms with Crippen LogP contribution in [0.3, 0.4) is 0 Å². The smallest absolute Gasteiger partial charge is 0.244 e. The van der Waals surface area contributed by atoms with Gasteiger partial charge in [0.05, 0.1) is 19.3 Å². The highest BCUT2D eigenvalue weighted by atomic mass is 32.2. The lowest BCUT2D eigenvalue weighted by atomic mass is 10.1. The molecule has 3 rings (SSSR count). The molecular formula is C19H21NO4S2. The van der Waals surface area contributed by atoms with Crippen LogP contribution in [0, 0.1) is 13.8 Å². The van der Waals surface area contributed by atoms with E-state index in [0.717, 1.165) is 21.8 Å². The van der Waals surface area contributed by atoms with Crippen LogP contribution >= 0.6 is 11.3 Å². The van der Waals surface area contributed by atoms with Gasteiger partial charge in [0.15, 0.2) is 0 Å². The van der Waals surface area contributed by atoms with Crippen molar-refractivity contribution >= 4 is 21.4 Å². The lowest BCUT2D eigenvalue weighted by Crippen LogP contribution is -2.29. The molecule has 0 fully saturated rings. The first-order valence-corrected chi connectivity index (χ1v) is 10.5. The van der Waals surface area contributed by atoms with Gasteiger partial charge in [-0.25, -0.2) is 13.1 Å². The van der Waals surface area contributed by atoms with Crippen LogP contribution < -0.4 is 9.46 Å². The average molecular weight is 392 g/mol. The van der Waals surface area contributed by atoms with Crippen molar-refractivity contribution in [3.05, 3.63) is 69.8 Å². The molecule has 1 atom stereocenters. The van der Waals surface area contributed by atoms with E-state index in [2.05, 4.69) is 4.72 Å². The monoisotopic (exact) mass is 391 g/mol. The minimum absolute atomic E-state index is 0.146. The van der Waals surface area contributed by atoms with E-state index in [9.17, 15) is 8.42 Å². The highest BCUT2D eigenvalue weighted by Crippen LogP contribution is 2.30. The van der Waals surface area contributed by atoms with Gasteiger partial charge in [0.25, 0.3) is 0 Å². The first-order chi connectivity index (χ1) is 12.4. The van der Waals surface area contributed by atoms with Gasteiger partial charge in [-0.1, -0.05) is 6.07 Å². The second-order valence-corrected chi connectivity index (χ2v) is 8.74. The summed E-state index contributed by atoms with van der Waals surface area (Å²) >= 11 is 1.57. The molecule has 0 radical (unpaired) electrons. The number of methoxy groups -OCH3 is 1. The summed E-state index contributed by atoms with van der Waals surface area (Å²) < 4.78 is 39.3. The Bertz CT molecular complexity index is 927. The van der Waals surface area contributed by atoms with Gasteiger partial charge in [0, 0.05) is 11.4 Å². The van der Waals surface area contributed by atoms with E-state index in [-0.39, 0.29) is 17.4 Å². The molecule has 0 saturated heterocycles. The molecule has 0 saturated carbocycles. The molecule has 0 aliphatic heterocycles. The summed E-state index contributed by atoms with van der Waals surface area (Å²) in [5.41, 5.74) is 1.87. The van der Waals surface area contributed by atoms with Gasteiger partial charge >= 0.3 is 0 Å². The van der Waals surface area contributed by atoms with E-state index < -0.39 is 10.0 Å². The molecule has 0 aliphatic carbocycles. The van der Waals surface area contributed by atoms with Crippen molar-refractivity contribution < 1.29 is 17.6 Å². The van der Waals surface area contributed by atoms with Crippen LogP contribution in [0.15, 0.2) is 57.4 Å². The number of ether oxygens (including phenoxy) is 1. The van der Waals surface area contributed by atoms with E-state index in [4.69, 9.17) is 9.15 Å². The van der Waals surface area contributed by atoms with Crippen LogP contribution in [0.5, 0.6) is 5.75 Å². The number of hydrogen-bond acceptors (Lipinski definition) is 5. The predicted octanol–water partition coefficient (Wildman–Crippen LogP) is 4.08. The quantitative estimate of drug-likeness (QED) is 0.659. The van der Waals surface area contributed by atoms with Gasteiger partial charge < -0.3 is 9.15 Å². The predicted molar refractivity (Wildman–Crippen MR) is 103 cm³/mol. The number of sulfonamides is 1. The molecule has 0 aliphatic rings. The fourth-order valence-electron chi connectivity index (χ4n) is 2.72. The van der Waals surface area contributed by atoms with E-state index >= 15 is 0 Å². The highest BCUT2D eigenvalue weighted by molar-refractivity contribution is 7.89. The normalized spacial score (nSPS) is 12.9. The number of nitrogens with one attached hydrogen (secondary N) is 1. The van der Waals surface area contributed by atoms with E-state index in [1.165, 1.54) is 7.11 Å². The van der Waals surface area contributed by atoms with Crippen molar-refractivity contribution in [2.45, 2.75) is 24.7 Å². The Morgan fingerprint density at radius 2 is 1.96 bits per heavy atom. The van der Waals surface area contributed by atoms with Gasteiger partial charge in [-0.3, -0.25) is 0 Å². The molecule has 1 N–H and O–H groups in total. The zero-order valence-corrected chi connectivity index (χ0v) is 16.5. The third-order valence-corrected chi connectivity index (χ3v) is 6.75. The maximum atomic E-state index is 12.9. The van der Waals surface area contributed by atoms with Gasteiger partial charge in [0.2, 0.25) is 10.0 Å². The van der Waals surface area contributed by atoms with E-state index in [1.54, 1.807) is 35.8 Å². The zero-order valence-electron chi connectivity index (χ0n) is 14.9. The first-order valence-electron chi connectivity index (χ1n) is 8.14. The minimum atomic E-state index is -3.73. The number of hydrogen-bond donors (Lipinski definition) is 1. The van der Waals surface area contributed by atoms with Crippen LogP contribution in [0.25, 0.3) is 0 Å². The van der Waals surface area contributed by atoms with Gasteiger partial charge in [-0.05, 0) is 60.7 Å².